The molecule has 3 rings (SSSR count). The Kier molecular flexibility index (Phi) is 4.89. The lowest BCUT2D eigenvalue weighted by atomic mass is 10.1. The molecule has 1 unspecified atom stereocenters. The molecule has 2 aromatic carbocycles. The molecule has 8 heteroatoms. The van der Waals surface area contributed by atoms with E-state index in [0.29, 0.717) is 0 Å². The molecular weight excluding hydrogens is 353 g/mol. The lowest BCUT2D eigenvalue weighted by Gasteiger charge is -2.18. The van der Waals surface area contributed by atoms with Crippen molar-refractivity contribution < 1.29 is 18.9 Å². The van der Waals surface area contributed by atoms with Crippen molar-refractivity contribution in [3.8, 4) is 0 Å². The summed E-state index contributed by atoms with van der Waals surface area (Å²) in [5.74, 6) is -2.17. The number of halogens is 1. The number of carbonyl (C=O) groups excluding carboxylic acids is 2. The van der Waals surface area contributed by atoms with Gasteiger partial charge >= 0.3 is 5.69 Å². The largest absolute Gasteiger partial charge is 0.326 e. The van der Waals surface area contributed by atoms with Crippen LogP contribution in [-0.4, -0.2) is 23.3 Å². The highest BCUT2D eigenvalue weighted by molar-refractivity contribution is 6.03. The van der Waals surface area contributed by atoms with Gasteiger partial charge in [0.2, 0.25) is 17.6 Å². The Morgan fingerprint density at radius 3 is 2.63 bits per heavy atom. The van der Waals surface area contributed by atoms with Crippen LogP contribution in [0.3, 0.4) is 0 Å². The summed E-state index contributed by atoms with van der Waals surface area (Å²) in [5.41, 5.74) is 2.29. The second kappa shape index (κ2) is 7.14. The Morgan fingerprint density at radius 1 is 1.22 bits per heavy atom. The molecule has 140 valence electrons. The molecule has 0 radical (unpaired) electrons. The van der Waals surface area contributed by atoms with Crippen molar-refractivity contribution >= 4 is 28.9 Å². The number of anilines is 2. The van der Waals surface area contributed by atoms with Crippen molar-refractivity contribution in [2.75, 3.05) is 16.8 Å². The fourth-order valence-electron chi connectivity index (χ4n) is 3.00. The minimum Gasteiger partial charge on any atom is -0.326 e. The van der Waals surface area contributed by atoms with E-state index in [2.05, 4.69) is 5.32 Å². The summed E-state index contributed by atoms with van der Waals surface area (Å²) >= 11 is 0. The minimum absolute atomic E-state index is 0.0437. The molecule has 1 atom stereocenters. The van der Waals surface area contributed by atoms with E-state index in [9.17, 15) is 24.1 Å². The Hall–Kier alpha value is -3.29. The molecule has 2 amide bonds. The molecule has 1 N–H and O–H groups in total. The number of nitrogens with one attached hydrogen (secondary N) is 1. The highest BCUT2D eigenvalue weighted by atomic mass is 19.1. The Labute approximate surface area is 154 Å². The van der Waals surface area contributed by atoms with E-state index >= 15 is 0 Å². The lowest BCUT2D eigenvalue weighted by molar-refractivity contribution is -0.387. The fourth-order valence-corrected chi connectivity index (χ4v) is 3.00. The second-order valence-corrected chi connectivity index (χ2v) is 6.59. The maximum atomic E-state index is 13.4. The van der Waals surface area contributed by atoms with E-state index in [4.69, 9.17) is 0 Å². The Morgan fingerprint density at radius 2 is 1.96 bits per heavy atom. The van der Waals surface area contributed by atoms with Crippen molar-refractivity contribution in [3.05, 3.63) is 63.5 Å². The summed E-state index contributed by atoms with van der Waals surface area (Å²) in [6, 6.07) is 8.79. The van der Waals surface area contributed by atoms with Gasteiger partial charge in [0.05, 0.1) is 10.8 Å². The van der Waals surface area contributed by atoms with Crippen molar-refractivity contribution in [3.63, 3.8) is 0 Å². The van der Waals surface area contributed by atoms with Gasteiger partial charge in [0.25, 0.3) is 0 Å². The maximum absolute atomic E-state index is 13.4. The van der Waals surface area contributed by atoms with Gasteiger partial charge in [-0.15, -0.1) is 0 Å². The summed E-state index contributed by atoms with van der Waals surface area (Å²) in [4.78, 5) is 36.3. The van der Waals surface area contributed by atoms with E-state index < -0.39 is 28.3 Å². The van der Waals surface area contributed by atoms with Crippen LogP contribution in [0, 0.1) is 35.7 Å². The monoisotopic (exact) mass is 371 g/mol. The van der Waals surface area contributed by atoms with Gasteiger partial charge in [0.1, 0.15) is 0 Å². The maximum Gasteiger partial charge on any atom is 0.306 e. The van der Waals surface area contributed by atoms with E-state index in [-0.39, 0.29) is 24.6 Å². The number of hydrogen-bond acceptors (Lipinski definition) is 4. The lowest BCUT2D eigenvalue weighted by Crippen LogP contribution is -2.28. The van der Waals surface area contributed by atoms with Crippen LogP contribution in [0.4, 0.5) is 21.5 Å². The van der Waals surface area contributed by atoms with Gasteiger partial charge in [-0.2, -0.15) is 4.39 Å². The van der Waals surface area contributed by atoms with E-state index in [1.807, 2.05) is 32.0 Å². The number of rotatable bonds is 4. The first-order chi connectivity index (χ1) is 12.8. The van der Waals surface area contributed by atoms with Gasteiger partial charge in [-0.25, -0.2) is 0 Å². The predicted octanol–water partition coefficient (Wildman–Crippen LogP) is 3.34. The minimum atomic E-state index is -0.977. The molecule has 0 aromatic heterocycles. The molecule has 1 saturated heterocycles. The van der Waals surface area contributed by atoms with Gasteiger partial charge in [-0.1, -0.05) is 6.07 Å². The molecule has 27 heavy (non-hydrogen) atoms. The van der Waals surface area contributed by atoms with E-state index in [0.717, 1.165) is 28.9 Å². The molecule has 0 saturated carbocycles. The zero-order valence-electron chi connectivity index (χ0n) is 14.9. The van der Waals surface area contributed by atoms with Crippen molar-refractivity contribution in [2.24, 2.45) is 5.92 Å². The van der Waals surface area contributed by atoms with Gasteiger partial charge < -0.3 is 10.2 Å². The molecule has 1 heterocycles. The first-order valence-corrected chi connectivity index (χ1v) is 8.38. The summed E-state index contributed by atoms with van der Waals surface area (Å²) in [6.07, 6.45) is 0.0437. The second-order valence-electron chi connectivity index (χ2n) is 6.59. The summed E-state index contributed by atoms with van der Waals surface area (Å²) in [6.45, 7) is 4.14. The van der Waals surface area contributed by atoms with Gasteiger partial charge in [-0.3, -0.25) is 19.7 Å². The zero-order valence-corrected chi connectivity index (χ0v) is 14.9. The van der Waals surface area contributed by atoms with Gasteiger partial charge in [-0.05, 0) is 49.2 Å². The number of aryl methyl sites for hydroxylation is 2. The quantitative estimate of drug-likeness (QED) is 0.659. The number of benzene rings is 2. The SMILES string of the molecule is Cc1ccc(N2CC(C(=O)Nc3ccc(F)c([N+](=O)[O-])c3)CC2=O)cc1C. The van der Waals surface area contributed by atoms with E-state index in [1.54, 1.807) is 4.90 Å². The van der Waals surface area contributed by atoms with Crippen LogP contribution in [0.15, 0.2) is 36.4 Å². The molecule has 2 aromatic rings. The van der Waals surface area contributed by atoms with Crippen LogP contribution in [0.5, 0.6) is 0 Å². The zero-order chi connectivity index (χ0) is 19.7. The fraction of sp³-hybridized carbons (Fsp3) is 0.263. The number of nitrogens with zero attached hydrogens (tertiary/aromatic N) is 2. The molecule has 0 aliphatic carbocycles. The van der Waals surface area contributed by atoms with Gasteiger partial charge in [0.15, 0.2) is 0 Å². The summed E-state index contributed by atoms with van der Waals surface area (Å²) in [7, 11) is 0. The van der Waals surface area contributed by atoms with Crippen LogP contribution >= 0.6 is 0 Å². The summed E-state index contributed by atoms with van der Waals surface area (Å²) < 4.78 is 13.4. The van der Waals surface area contributed by atoms with Crippen LogP contribution in [-0.2, 0) is 9.59 Å². The normalized spacial score (nSPS) is 16.5. The molecule has 0 bridgehead atoms. The third kappa shape index (κ3) is 3.79. The predicted molar refractivity (Wildman–Crippen MR) is 98.1 cm³/mol. The number of amides is 2. The topological polar surface area (TPSA) is 92.6 Å². The molecular formula is C19H18FN3O4. The Bertz CT molecular complexity index is 945. The van der Waals surface area contributed by atoms with Crippen LogP contribution in [0.1, 0.15) is 17.5 Å². The van der Waals surface area contributed by atoms with Crippen molar-refractivity contribution in [1.82, 2.24) is 0 Å². The molecule has 1 fully saturated rings. The highest BCUT2D eigenvalue weighted by Crippen LogP contribution is 2.28. The first kappa shape index (κ1) is 18.5. The van der Waals surface area contributed by atoms with Gasteiger partial charge in [0, 0.05) is 30.4 Å². The molecule has 0 spiro atoms. The average Bonchev–Trinajstić information content (AvgIpc) is 3.00. The smallest absolute Gasteiger partial charge is 0.306 e. The number of nitro groups is 1. The average molecular weight is 371 g/mol. The Balaban J connectivity index is 1.73. The third-order valence-electron chi connectivity index (χ3n) is 4.71. The first-order valence-electron chi connectivity index (χ1n) is 8.38. The van der Waals surface area contributed by atoms with E-state index in [1.165, 1.54) is 6.07 Å². The van der Waals surface area contributed by atoms with Crippen LogP contribution in [0.2, 0.25) is 0 Å². The number of nitro benzene ring substituents is 1. The summed E-state index contributed by atoms with van der Waals surface area (Å²) in [5, 5.41) is 13.3. The standard InChI is InChI=1S/C19H18FN3O4/c1-11-3-5-15(7-12(11)2)22-10-13(8-18(22)24)19(25)21-14-4-6-16(20)17(9-14)23(26)27/h3-7,9,13H,8,10H2,1-2H3,(H,21,25). The van der Waals surface area contributed by atoms with Crippen molar-refractivity contribution in [1.29, 1.82) is 0 Å². The molecule has 1 aliphatic rings. The number of hydrogen-bond donors (Lipinski definition) is 1. The van der Waals surface area contributed by atoms with Crippen LogP contribution < -0.4 is 10.2 Å². The molecule has 7 nitrogen and oxygen atoms in total. The van der Waals surface area contributed by atoms with Crippen molar-refractivity contribution in [2.45, 2.75) is 20.3 Å². The third-order valence-corrected chi connectivity index (χ3v) is 4.71. The van der Waals surface area contributed by atoms with Crippen LogP contribution in [0.25, 0.3) is 0 Å². The number of carbonyl (C=O) groups is 2. The highest BCUT2D eigenvalue weighted by Gasteiger charge is 2.35. The molecule has 1 aliphatic heterocycles.